The molecule has 1 rings (SSSR count). The first-order valence-electron chi connectivity index (χ1n) is 6.81. The van der Waals surface area contributed by atoms with Crippen LogP contribution in [0, 0.1) is 16.7 Å². The van der Waals surface area contributed by atoms with E-state index in [2.05, 4.69) is 32.9 Å². The second kappa shape index (κ2) is 5.02. The number of nitrogens with two attached hydrogens (primary N) is 1. The van der Waals surface area contributed by atoms with Crippen molar-refractivity contribution >= 4 is 11.7 Å². The van der Waals surface area contributed by atoms with Gasteiger partial charge in [0.25, 0.3) is 0 Å². The van der Waals surface area contributed by atoms with Gasteiger partial charge in [-0.1, -0.05) is 32.9 Å². The van der Waals surface area contributed by atoms with E-state index in [1.165, 1.54) is 0 Å². The van der Waals surface area contributed by atoms with Crippen LogP contribution in [0.3, 0.4) is 0 Å². The van der Waals surface area contributed by atoms with Crippen molar-refractivity contribution in [3.05, 3.63) is 0 Å². The normalized spacial score (nSPS) is 29.6. The number of amides is 1. The molecule has 0 radical (unpaired) electrons. The molecule has 0 heterocycles. The topological polar surface area (TPSA) is 78.9 Å². The lowest BCUT2D eigenvalue weighted by atomic mass is 9.60. The molecule has 110 valence electrons. The van der Waals surface area contributed by atoms with E-state index in [4.69, 9.17) is 10.9 Å². The minimum atomic E-state index is -0.803. The second-order valence-electron chi connectivity index (χ2n) is 7.04. The molecule has 3 N–H and O–H groups in total. The largest absolute Gasteiger partial charge is 0.409 e. The molecule has 0 aromatic rings. The van der Waals surface area contributed by atoms with Crippen LogP contribution >= 0.6 is 0 Å². The molecule has 1 amide bonds. The van der Waals surface area contributed by atoms with Crippen LogP contribution in [-0.4, -0.2) is 34.9 Å². The molecule has 5 nitrogen and oxygen atoms in total. The Bertz CT molecular complexity index is 379. The smallest absolute Gasteiger partial charge is 0.236 e. The van der Waals surface area contributed by atoms with Crippen LogP contribution in [0.1, 0.15) is 47.5 Å². The molecule has 1 atom stereocenters. The van der Waals surface area contributed by atoms with E-state index in [0.29, 0.717) is 18.8 Å². The second-order valence-corrected chi connectivity index (χ2v) is 7.04. The zero-order valence-electron chi connectivity index (χ0n) is 12.9. The highest BCUT2D eigenvalue weighted by atomic mass is 16.4. The summed E-state index contributed by atoms with van der Waals surface area (Å²) < 4.78 is 0. The number of carbonyl (C=O) groups excluding carboxylic acids is 1. The summed E-state index contributed by atoms with van der Waals surface area (Å²) in [5, 5.41) is 12.0. The number of carbonyl (C=O) groups is 1. The molecular weight excluding hydrogens is 242 g/mol. The maximum absolute atomic E-state index is 12.7. The van der Waals surface area contributed by atoms with Gasteiger partial charge in [-0.05, 0) is 31.1 Å². The minimum absolute atomic E-state index is 0.00785. The van der Waals surface area contributed by atoms with Crippen LogP contribution < -0.4 is 5.73 Å². The van der Waals surface area contributed by atoms with E-state index >= 15 is 0 Å². The first-order valence-corrected chi connectivity index (χ1v) is 6.81. The Morgan fingerprint density at radius 3 is 2.26 bits per heavy atom. The molecule has 0 saturated heterocycles. The zero-order chi connectivity index (χ0) is 15.0. The fourth-order valence-electron chi connectivity index (χ4n) is 2.81. The third-order valence-corrected chi connectivity index (χ3v) is 4.56. The van der Waals surface area contributed by atoms with Crippen LogP contribution in [0.15, 0.2) is 5.16 Å². The van der Waals surface area contributed by atoms with Crippen LogP contribution in [0.5, 0.6) is 0 Å². The molecule has 0 bridgehead atoms. The van der Waals surface area contributed by atoms with E-state index in [1.807, 2.05) is 6.92 Å². The third-order valence-electron chi connectivity index (χ3n) is 4.56. The van der Waals surface area contributed by atoms with Crippen molar-refractivity contribution in [2.24, 2.45) is 27.6 Å². The molecule has 19 heavy (non-hydrogen) atoms. The monoisotopic (exact) mass is 269 g/mol. The highest BCUT2D eigenvalue weighted by molar-refractivity contribution is 6.07. The minimum Gasteiger partial charge on any atom is -0.409 e. The summed E-state index contributed by atoms with van der Waals surface area (Å²) in [5.41, 5.74) is 4.96. The van der Waals surface area contributed by atoms with Gasteiger partial charge in [0.2, 0.25) is 5.91 Å². The van der Waals surface area contributed by atoms with E-state index in [-0.39, 0.29) is 23.2 Å². The van der Waals surface area contributed by atoms with Gasteiger partial charge >= 0.3 is 0 Å². The number of hydrogen-bond donors (Lipinski definition) is 2. The first kappa shape index (κ1) is 15.8. The molecule has 1 unspecified atom stereocenters. The van der Waals surface area contributed by atoms with E-state index < -0.39 is 5.41 Å². The van der Waals surface area contributed by atoms with Crippen molar-refractivity contribution in [3.8, 4) is 0 Å². The highest BCUT2D eigenvalue weighted by Gasteiger charge is 2.54. The van der Waals surface area contributed by atoms with E-state index in [9.17, 15) is 4.79 Å². The summed E-state index contributed by atoms with van der Waals surface area (Å²) in [6.07, 6.45) is 1.31. The van der Waals surface area contributed by atoms with Crippen LogP contribution in [0.25, 0.3) is 0 Å². The summed E-state index contributed by atoms with van der Waals surface area (Å²) in [7, 11) is 1.80. The number of hydrogen-bond acceptors (Lipinski definition) is 3. The van der Waals surface area contributed by atoms with Crippen molar-refractivity contribution < 1.29 is 10.0 Å². The van der Waals surface area contributed by atoms with Gasteiger partial charge in [-0.3, -0.25) is 4.79 Å². The molecule has 5 heteroatoms. The molecule has 1 aliphatic rings. The summed E-state index contributed by atoms with van der Waals surface area (Å²) in [6.45, 7) is 10.4. The summed E-state index contributed by atoms with van der Waals surface area (Å²) in [4.78, 5) is 14.5. The number of rotatable bonds is 3. The number of oxime groups is 1. The summed E-state index contributed by atoms with van der Waals surface area (Å²) >= 11 is 0. The van der Waals surface area contributed by atoms with Crippen molar-refractivity contribution in [3.63, 3.8) is 0 Å². The average Bonchev–Trinajstić information content (AvgIpc) is 2.29. The van der Waals surface area contributed by atoms with Crippen LogP contribution in [0.4, 0.5) is 0 Å². The van der Waals surface area contributed by atoms with Gasteiger partial charge < -0.3 is 15.8 Å². The average molecular weight is 269 g/mol. The Kier molecular flexibility index (Phi) is 4.17. The maximum atomic E-state index is 12.7. The van der Waals surface area contributed by atoms with Gasteiger partial charge in [0.15, 0.2) is 5.84 Å². The summed E-state index contributed by atoms with van der Waals surface area (Å²) in [5.74, 6) is 0.439. The van der Waals surface area contributed by atoms with Gasteiger partial charge in [0, 0.05) is 13.1 Å². The highest BCUT2D eigenvalue weighted by Crippen LogP contribution is 2.47. The Balaban J connectivity index is 2.97. The van der Waals surface area contributed by atoms with Gasteiger partial charge in [-0.2, -0.15) is 0 Å². The Morgan fingerprint density at radius 1 is 1.47 bits per heavy atom. The molecule has 1 saturated carbocycles. The quantitative estimate of drug-likeness (QED) is 0.356. The third kappa shape index (κ3) is 2.69. The van der Waals surface area contributed by atoms with E-state index in [1.54, 1.807) is 11.9 Å². The Labute approximate surface area is 115 Å². The molecule has 1 fully saturated rings. The number of amidine groups is 1. The van der Waals surface area contributed by atoms with Gasteiger partial charge in [-0.25, -0.2) is 0 Å². The molecule has 0 spiro atoms. The molecular formula is C14H27N3O2. The predicted octanol–water partition coefficient (Wildman–Crippen LogP) is 2.04. The predicted molar refractivity (Wildman–Crippen MR) is 75.9 cm³/mol. The molecule has 0 aromatic heterocycles. The maximum Gasteiger partial charge on any atom is 0.236 e. The lowest BCUT2D eigenvalue weighted by Crippen LogP contribution is -2.59. The SMILES string of the molecule is CC1CC(C(=O)N(C)C(C)C(C)(C)C)(C(N)=NO)C1. The fraction of sp³-hybridized carbons (Fsp3) is 0.857. The molecule has 1 aliphatic carbocycles. The van der Waals surface area contributed by atoms with Crippen molar-refractivity contribution in [2.75, 3.05) is 7.05 Å². The zero-order valence-corrected chi connectivity index (χ0v) is 12.9. The van der Waals surface area contributed by atoms with Gasteiger partial charge in [0.1, 0.15) is 5.41 Å². The lowest BCUT2D eigenvalue weighted by Gasteiger charge is -2.48. The Morgan fingerprint density at radius 2 is 1.95 bits per heavy atom. The van der Waals surface area contributed by atoms with Gasteiger partial charge in [-0.15, -0.1) is 0 Å². The van der Waals surface area contributed by atoms with E-state index in [0.717, 1.165) is 0 Å². The Hall–Kier alpha value is -1.26. The standard InChI is InChI=1S/C14H27N3O2/c1-9-7-14(8-9,11(15)16-19)12(18)17(6)10(2)13(3,4)5/h9-10,19H,7-8H2,1-6H3,(H2,15,16). The van der Waals surface area contributed by atoms with Crippen LogP contribution in [-0.2, 0) is 4.79 Å². The van der Waals surface area contributed by atoms with Crippen molar-refractivity contribution in [1.29, 1.82) is 0 Å². The van der Waals surface area contributed by atoms with Crippen molar-refractivity contribution in [1.82, 2.24) is 4.90 Å². The van der Waals surface area contributed by atoms with Gasteiger partial charge in [0.05, 0.1) is 0 Å². The van der Waals surface area contributed by atoms with Crippen molar-refractivity contribution in [2.45, 2.75) is 53.5 Å². The first-order chi connectivity index (χ1) is 8.56. The fourth-order valence-corrected chi connectivity index (χ4v) is 2.81. The lowest BCUT2D eigenvalue weighted by molar-refractivity contribution is -0.147. The number of nitrogens with zero attached hydrogens (tertiary/aromatic N) is 2. The molecule has 0 aromatic carbocycles. The summed E-state index contributed by atoms with van der Waals surface area (Å²) in [6, 6.07) is 0.0827. The van der Waals surface area contributed by atoms with Crippen LogP contribution in [0.2, 0.25) is 0 Å². The molecule has 0 aliphatic heterocycles.